The molecule has 1 heterocycles. The Morgan fingerprint density at radius 2 is 1.65 bits per heavy atom. The number of hydrogen-bond acceptors (Lipinski definition) is 3. The van der Waals surface area contributed by atoms with Crippen LogP contribution in [-0.2, 0) is 16.1 Å². The summed E-state index contributed by atoms with van der Waals surface area (Å²) in [6, 6.07) is 13.0. The number of hydrogen-bond donors (Lipinski definition) is 2. The minimum absolute atomic E-state index is 0.205. The molecule has 3 rings (SSSR count). The van der Waals surface area contributed by atoms with Gasteiger partial charge in [0.2, 0.25) is 5.91 Å². The number of carbonyl (C=O) groups excluding carboxylic acids is 1. The third kappa shape index (κ3) is 4.20. The first-order chi connectivity index (χ1) is 12.5. The van der Waals surface area contributed by atoms with Gasteiger partial charge in [0.1, 0.15) is 5.69 Å². The van der Waals surface area contributed by atoms with Gasteiger partial charge in [-0.3, -0.25) is 14.4 Å². The van der Waals surface area contributed by atoms with Crippen LogP contribution in [0.4, 0.5) is 5.69 Å². The number of amides is 1. The second-order valence-electron chi connectivity index (χ2n) is 6.72. The highest BCUT2D eigenvalue weighted by Crippen LogP contribution is 2.29. The molecular weight excluding hydrogens is 332 g/mol. The van der Waals surface area contributed by atoms with Gasteiger partial charge in [0.25, 0.3) is 5.56 Å². The molecule has 0 spiro atoms. The molecule has 26 heavy (non-hydrogen) atoms. The normalized spacial score (nSPS) is 19.7. The Kier molecular flexibility index (Phi) is 5.51. The Bertz CT molecular complexity index is 836. The van der Waals surface area contributed by atoms with Crippen LogP contribution in [0.1, 0.15) is 31.2 Å². The van der Waals surface area contributed by atoms with Crippen LogP contribution in [0.25, 0.3) is 0 Å². The van der Waals surface area contributed by atoms with Crippen molar-refractivity contribution in [3.63, 3.8) is 0 Å². The van der Waals surface area contributed by atoms with Gasteiger partial charge in [-0.15, -0.1) is 0 Å². The third-order valence-corrected chi connectivity index (χ3v) is 4.92. The third-order valence-electron chi connectivity index (χ3n) is 4.92. The van der Waals surface area contributed by atoms with Crippen molar-refractivity contribution in [2.24, 2.45) is 11.8 Å². The van der Waals surface area contributed by atoms with Crippen molar-refractivity contribution in [3.8, 4) is 0 Å². The first kappa shape index (κ1) is 17.9. The van der Waals surface area contributed by atoms with Gasteiger partial charge in [-0.25, -0.2) is 0 Å². The molecule has 1 amide bonds. The van der Waals surface area contributed by atoms with Crippen molar-refractivity contribution in [2.45, 2.75) is 32.2 Å². The molecule has 0 aliphatic heterocycles. The molecule has 136 valence electrons. The number of carboxylic acid groups (broad SMARTS) is 1. The Labute approximate surface area is 151 Å². The van der Waals surface area contributed by atoms with Gasteiger partial charge in [-0.05, 0) is 43.4 Å². The fourth-order valence-electron chi connectivity index (χ4n) is 3.37. The van der Waals surface area contributed by atoms with Crippen LogP contribution in [0, 0.1) is 11.8 Å². The first-order valence-corrected chi connectivity index (χ1v) is 8.81. The van der Waals surface area contributed by atoms with Crippen molar-refractivity contribution in [1.29, 1.82) is 0 Å². The van der Waals surface area contributed by atoms with E-state index in [2.05, 4.69) is 5.32 Å². The van der Waals surface area contributed by atoms with Gasteiger partial charge in [0, 0.05) is 12.1 Å². The first-order valence-electron chi connectivity index (χ1n) is 8.81. The van der Waals surface area contributed by atoms with E-state index in [1.165, 1.54) is 0 Å². The zero-order valence-electron chi connectivity index (χ0n) is 14.4. The van der Waals surface area contributed by atoms with Crippen LogP contribution in [0.3, 0.4) is 0 Å². The van der Waals surface area contributed by atoms with Gasteiger partial charge in [0.15, 0.2) is 0 Å². The lowest BCUT2D eigenvalue weighted by Gasteiger charge is -2.25. The highest BCUT2D eigenvalue weighted by atomic mass is 16.4. The van der Waals surface area contributed by atoms with Crippen LogP contribution in [0.15, 0.2) is 53.5 Å². The Hall–Kier alpha value is -2.89. The largest absolute Gasteiger partial charge is 0.481 e. The summed E-state index contributed by atoms with van der Waals surface area (Å²) in [5, 5.41) is 11.8. The second-order valence-corrected chi connectivity index (χ2v) is 6.72. The topological polar surface area (TPSA) is 88.4 Å². The van der Waals surface area contributed by atoms with Crippen LogP contribution in [0.2, 0.25) is 0 Å². The van der Waals surface area contributed by atoms with E-state index in [1.807, 2.05) is 30.3 Å². The highest BCUT2D eigenvalue weighted by Gasteiger charge is 2.30. The van der Waals surface area contributed by atoms with Crippen molar-refractivity contribution in [2.75, 3.05) is 5.32 Å². The average molecular weight is 354 g/mol. The van der Waals surface area contributed by atoms with E-state index in [0.717, 1.165) is 5.56 Å². The highest BCUT2D eigenvalue weighted by molar-refractivity contribution is 5.92. The smallest absolute Gasteiger partial charge is 0.306 e. The van der Waals surface area contributed by atoms with E-state index in [-0.39, 0.29) is 29.0 Å². The van der Waals surface area contributed by atoms with E-state index < -0.39 is 5.97 Å². The molecule has 0 atom stereocenters. The summed E-state index contributed by atoms with van der Waals surface area (Å²) >= 11 is 0. The number of aromatic nitrogens is 1. The van der Waals surface area contributed by atoms with Gasteiger partial charge in [0.05, 0.1) is 12.5 Å². The van der Waals surface area contributed by atoms with Gasteiger partial charge < -0.3 is 15.0 Å². The lowest BCUT2D eigenvalue weighted by Crippen LogP contribution is -2.32. The monoisotopic (exact) mass is 354 g/mol. The number of nitrogens with one attached hydrogen (secondary N) is 1. The molecule has 1 fully saturated rings. The zero-order chi connectivity index (χ0) is 18.5. The van der Waals surface area contributed by atoms with E-state index in [4.69, 9.17) is 5.11 Å². The maximum Gasteiger partial charge on any atom is 0.306 e. The fraction of sp³-hybridized carbons (Fsp3) is 0.350. The van der Waals surface area contributed by atoms with E-state index >= 15 is 0 Å². The molecule has 0 unspecified atom stereocenters. The Morgan fingerprint density at radius 1 is 1.00 bits per heavy atom. The molecule has 1 aliphatic carbocycles. The molecule has 0 radical (unpaired) electrons. The van der Waals surface area contributed by atoms with Crippen molar-refractivity contribution < 1.29 is 14.7 Å². The number of aliphatic carboxylic acids is 1. The minimum Gasteiger partial charge on any atom is -0.481 e. The molecule has 1 aromatic carbocycles. The minimum atomic E-state index is -0.796. The molecule has 0 saturated heterocycles. The van der Waals surface area contributed by atoms with Crippen molar-refractivity contribution >= 4 is 17.6 Å². The van der Waals surface area contributed by atoms with E-state index in [1.54, 1.807) is 22.9 Å². The lowest BCUT2D eigenvalue weighted by molar-refractivity contribution is -0.143. The number of pyridine rings is 1. The predicted molar refractivity (Wildman–Crippen MR) is 98.0 cm³/mol. The summed E-state index contributed by atoms with van der Waals surface area (Å²) in [4.78, 5) is 36.1. The van der Waals surface area contributed by atoms with Gasteiger partial charge in [-0.2, -0.15) is 0 Å². The maximum absolute atomic E-state index is 12.6. The molecule has 6 nitrogen and oxygen atoms in total. The van der Waals surface area contributed by atoms with Crippen LogP contribution in [-0.4, -0.2) is 21.6 Å². The van der Waals surface area contributed by atoms with E-state index in [9.17, 15) is 14.4 Å². The van der Waals surface area contributed by atoms with Crippen molar-refractivity contribution in [3.05, 3.63) is 64.6 Å². The lowest BCUT2D eigenvalue weighted by atomic mass is 9.81. The average Bonchev–Trinajstić information content (AvgIpc) is 2.66. The number of rotatable bonds is 5. The van der Waals surface area contributed by atoms with Gasteiger partial charge >= 0.3 is 5.97 Å². The number of benzene rings is 1. The summed E-state index contributed by atoms with van der Waals surface area (Å²) in [5.41, 5.74) is 1.02. The van der Waals surface area contributed by atoms with Crippen LogP contribution >= 0.6 is 0 Å². The summed E-state index contributed by atoms with van der Waals surface area (Å²) in [6.45, 7) is 0.438. The number of carboxylic acids is 1. The second kappa shape index (κ2) is 7.99. The van der Waals surface area contributed by atoms with E-state index in [0.29, 0.717) is 32.2 Å². The number of anilines is 1. The maximum atomic E-state index is 12.6. The van der Waals surface area contributed by atoms with Crippen LogP contribution < -0.4 is 10.9 Å². The van der Waals surface area contributed by atoms with Gasteiger partial charge in [-0.1, -0.05) is 30.3 Å². The molecule has 6 heteroatoms. The summed E-state index contributed by atoms with van der Waals surface area (Å²) < 4.78 is 1.56. The molecule has 2 N–H and O–H groups in total. The molecule has 1 aromatic heterocycles. The quantitative estimate of drug-likeness (QED) is 0.864. The predicted octanol–water partition coefficient (Wildman–Crippen LogP) is 2.73. The SMILES string of the molecule is O=C(O)C1CCC(C(=O)Nc2cccn(Cc3ccccc3)c2=O)CC1. The standard InChI is InChI=1S/C20H22N2O4/c23-18(15-8-10-16(11-9-15)20(25)26)21-17-7-4-12-22(19(17)24)13-14-5-2-1-3-6-14/h1-7,12,15-16H,8-11,13H2,(H,21,23)(H,25,26). The summed E-state index contributed by atoms with van der Waals surface area (Å²) in [6.07, 6.45) is 3.77. The Morgan fingerprint density at radius 3 is 2.31 bits per heavy atom. The zero-order valence-corrected chi connectivity index (χ0v) is 14.4. The fourth-order valence-corrected chi connectivity index (χ4v) is 3.37. The number of nitrogens with zero attached hydrogens (tertiary/aromatic N) is 1. The van der Waals surface area contributed by atoms with Crippen molar-refractivity contribution in [1.82, 2.24) is 4.57 Å². The summed E-state index contributed by atoms with van der Waals surface area (Å²) in [7, 11) is 0. The summed E-state index contributed by atoms with van der Waals surface area (Å²) in [5.74, 6) is -1.61. The Balaban J connectivity index is 1.67. The molecule has 1 aliphatic rings. The molecule has 2 aromatic rings. The molecule has 0 bridgehead atoms. The molecule has 1 saturated carbocycles. The molecular formula is C20H22N2O4. The number of carbonyl (C=O) groups is 2. The van der Waals surface area contributed by atoms with Crippen LogP contribution in [0.5, 0.6) is 0 Å².